The second-order valence-corrected chi connectivity index (χ2v) is 5.25. The molecule has 0 amide bonds. The molecule has 0 saturated carbocycles. The highest BCUT2D eigenvalue weighted by atomic mass is 16.5. The van der Waals surface area contributed by atoms with Crippen LogP contribution in [0.2, 0.25) is 0 Å². The molecule has 0 spiro atoms. The monoisotopic (exact) mass is 289 g/mol. The lowest BCUT2D eigenvalue weighted by molar-refractivity contribution is -0.0350. The van der Waals surface area contributed by atoms with Crippen molar-refractivity contribution in [3.05, 3.63) is 46.4 Å². The molecule has 1 atom stereocenters. The molecular weight excluding hydrogens is 270 g/mol. The third-order valence-corrected chi connectivity index (χ3v) is 3.63. The molecule has 1 saturated heterocycles. The summed E-state index contributed by atoms with van der Waals surface area (Å²) < 4.78 is 5.80. The number of aromatic amines is 2. The Labute approximate surface area is 122 Å². The summed E-state index contributed by atoms with van der Waals surface area (Å²) in [7, 11) is 0. The van der Waals surface area contributed by atoms with Gasteiger partial charge in [-0.25, -0.2) is 4.98 Å². The van der Waals surface area contributed by atoms with Crippen molar-refractivity contribution >= 4 is 0 Å². The molecule has 0 aromatic carbocycles. The van der Waals surface area contributed by atoms with Gasteiger partial charge in [-0.1, -0.05) is 0 Å². The van der Waals surface area contributed by atoms with Gasteiger partial charge < -0.3 is 9.72 Å². The summed E-state index contributed by atoms with van der Waals surface area (Å²) in [5.74, 6) is 0. The van der Waals surface area contributed by atoms with E-state index in [4.69, 9.17) is 4.74 Å². The lowest BCUT2D eigenvalue weighted by Gasteiger charge is -2.32. The normalized spacial score (nSPS) is 19.7. The van der Waals surface area contributed by atoms with Crippen molar-refractivity contribution in [3.8, 4) is 0 Å². The first-order chi connectivity index (χ1) is 10.3. The maximum Gasteiger partial charge on any atom is 0.250 e. The van der Waals surface area contributed by atoms with Crippen molar-refractivity contribution in [1.82, 2.24) is 25.1 Å². The quantitative estimate of drug-likeness (QED) is 0.828. The van der Waals surface area contributed by atoms with Crippen LogP contribution < -0.4 is 5.56 Å². The van der Waals surface area contributed by atoms with E-state index in [0.29, 0.717) is 0 Å². The summed E-state index contributed by atoms with van der Waals surface area (Å²) in [6, 6.07) is 3.54. The second-order valence-electron chi connectivity index (χ2n) is 5.25. The first kappa shape index (κ1) is 14.0. The lowest BCUT2D eigenvalue weighted by atomic mass is 10.1. The molecule has 21 heavy (non-hydrogen) atoms. The number of nitrogens with zero attached hydrogens (tertiary/aromatic N) is 3. The number of H-pyrrole nitrogens is 2. The molecule has 0 unspecified atom stereocenters. The largest absolute Gasteiger partial charge is 0.376 e. The first-order valence-corrected chi connectivity index (χ1v) is 7.15. The number of hydrogen-bond acceptors (Lipinski definition) is 5. The minimum atomic E-state index is -0.106. The minimum Gasteiger partial charge on any atom is -0.376 e. The van der Waals surface area contributed by atoms with Crippen molar-refractivity contribution < 1.29 is 4.74 Å². The zero-order valence-electron chi connectivity index (χ0n) is 11.8. The molecule has 0 bridgehead atoms. The van der Waals surface area contributed by atoms with Crippen LogP contribution in [0.15, 0.2) is 29.5 Å². The van der Waals surface area contributed by atoms with Crippen LogP contribution in [0, 0.1) is 0 Å². The number of nitrogens with one attached hydrogen (secondary N) is 2. The Hall–Kier alpha value is -1.99. The Morgan fingerprint density at radius 3 is 3.24 bits per heavy atom. The van der Waals surface area contributed by atoms with Gasteiger partial charge in [0.25, 0.3) is 5.56 Å². The third-order valence-electron chi connectivity index (χ3n) is 3.63. The fourth-order valence-corrected chi connectivity index (χ4v) is 2.57. The van der Waals surface area contributed by atoms with Gasteiger partial charge in [0.15, 0.2) is 0 Å². The van der Waals surface area contributed by atoms with E-state index < -0.39 is 0 Å². The molecule has 112 valence electrons. The average Bonchev–Trinajstić information content (AvgIpc) is 2.99. The molecule has 1 fully saturated rings. The first-order valence-electron chi connectivity index (χ1n) is 7.15. The van der Waals surface area contributed by atoms with Crippen molar-refractivity contribution in [2.24, 2.45) is 0 Å². The molecule has 2 N–H and O–H groups in total. The fraction of sp³-hybridized carbons (Fsp3) is 0.500. The van der Waals surface area contributed by atoms with Gasteiger partial charge in [0.05, 0.1) is 19.0 Å². The summed E-state index contributed by atoms with van der Waals surface area (Å²) >= 11 is 0. The zero-order valence-corrected chi connectivity index (χ0v) is 11.8. The predicted octanol–water partition coefficient (Wildman–Crippen LogP) is 0.327. The third kappa shape index (κ3) is 3.99. The maximum absolute atomic E-state index is 11.2. The van der Waals surface area contributed by atoms with Crippen LogP contribution in [0.3, 0.4) is 0 Å². The topological polar surface area (TPSA) is 86.9 Å². The highest BCUT2D eigenvalue weighted by Gasteiger charge is 2.20. The van der Waals surface area contributed by atoms with Gasteiger partial charge in [-0.2, -0.15) is 5.10 Å². The average molecular weight is 289 g/mol. The van der Waals surface area contributed by atoms with Crippen LogP contribution in [-0.4, -0.2) is 50.9 Å². The highest BCUT2D eigenvalue weighted by Crippen LogP contribution is 2.13. The maximum atomic E-state index is 11.2. The van der Waals surface area contributed by atoms with E-state index in [2.05, 4.69) is 25.1 Å². The Morgan fingerprint density at radius 2 is 2.43 bits per heavy atom. The van der Waals surface area contributed by atoms with Gasteiger partial charge >= 0.3 is 0 Å². The number of morpholine rings is 1. The van der Waals surface area contributed by atoms with Crippen LogP contribution >= 0.6 is 0 Å². The Kier molecular flexibility index (Phi) is 4.42. The van der Waals surface area contributed by atoms with Gasteiger partial charge in [-0.15, -0.1) is 0 Å². The van der Waals surface area contributed by atoms with Crippen molar-refractivity contribution in [2.45, 2.75) is 25.5 Å². The van der Waals surface area contributed by atoms with E-state index in [1.54, 1.807) is 12.3 Å². The van der Waals surface area contributed by atoms with Crippen LogP contribution in [0.4, 0.5) is 0 Å². The molecule has 2 aromatic heterocycles. The van der Waals surface area contributed by atoms with Gasteiger partial charge in [0.2, 0.25) is 0 Å². The summed E-state index contributed by atoms with van der Waals surface area (Å²) in [6.07, 6.45) is 5.03. The van der Waals surface area contributed by atoms with E-state index in [1.165, 1.54) is 6.33 Å². The molecule has 7 heteroatoms. The van der Waals surface area contributed by atoms with Crippen molar-refractivity contribution in [3.63, 3.8) is 0 Å². The van der Waals surface area contributed by atoms with E-state index in [0.717, 1.165) is 50.5 Å². The summed E-state index contributed by atoms with van der Waals surface area (Å²) in [6.45, 7) is 3.42. The molecule has 2 aromatic rings. The molecule has 7 nitrogen and oxygen atoms in total. The SMILES string of the molecule is O=c1cc(CC[C@@H]2CN(Cc3ccn[nH]3)CCO2)nc[nH]1. The van der Waals surface area contributed by atoms with Crippen LogP contribution in [-0.2, 0) is 17.7 Å². The molecule has 0 aliphatic carbocycles. The standard InChI is InChI=1S/C14H19N5O2/c20-14-7-11(15-10-16-14)1-2-13-9-19(5-6-21-13)8-12-3-4-17-18-12/h3-4,7,10,13H,1-2,5-6,8-9H2,(H,17,18)(H,15,16,20)/t13-/m1/s1. The van der Waals surface area contributed by atoms with Gasteiger partial charge in [0.1, 0.15) is 0 Å². The highest BCUT2D eigenvalue weighted by molar-refractivity contribution is 5.00. The van der Waals surface area contributed by atoms with Gasteiger partial charge in [-0.3, -0.25) is 14.8 Å². The fourth-order valence-electron chi connectivity index (χ4n) is 2.57. The number of rotatable bonds is 5. The van der Waals surface area contributed by atoms with Crippen molar-refractivity contribution in [1.29, 1.82) is 0 Å². The Balaban J connectivity index is 1.50. The van der Waals surface area contributed by atoms with E-state index in [9.17, 15) is 4.79 Å². The van der Waals surface area contributed by atoms with Gasteiger partial charge in [0, 0.05) is 43.3 Å². The molecule has 1 aliphatic rings. The number of hydrogen-bond donors (Lipinski definition) is 2. The Morgan fingerprint density at radius 1 is 1.48 bits per heavy atom. The molecule has 1 aliphatic heterocycles. The molecular formula is C14H19N5O2. The van der Waals surface area contributed by atoms with Gasteiger partial charge in [-0.05, 0) is 18.9 Å². The zero-order chi connectivity index (χ0) is 14.5. The predicted molar refractivity (Wildman–Crippen MR) is 76.8 cm³/mol. The summed E-state index contributed by atoms with van der Waals surface area (Å²) in [4.78, 5) is 20.3. The number of aryl methyl sites for hydroxylation is 1. The van der Waals surface area contributed by atoms with E-state index in [1.807, 2.05) is 6.07 Å². The summed E-state index contributed by atoms with van der Waals surface area (Å²) in [5.41, 5.74) is 1.82. The Bertz CT molecular complexity index is 610. The summed E-state index contributed by atoms with van der Waals surface area (Å²) in [5, 5.41) is 6.95. The molecule has 3 rings (SSSR count). The minimum absolute atomic E-state index is 0.106. The lowest BCUT2D eigenvalue weighted by Crippen LogP contribution is -2.42. The van der Waals surface area contributed by atoms with Crippen molar-refractivity contribution in [2.75, 3.05) is 19.7 Å². The van der Waals surface area contributed by atoms with Crippen LogP contribution in [0.1, 0.15) is 17.8 Å². The molecule has 3 heterocycles. The smallest absolute Gasteiger partial charge is 0.250 e. The number of aromatic nitrogens is 4. The van der Waals surface area contributed by atoms with E-state index in [-0.39, 0.29) is 11.7 Å². The molecule has 0 radical (unpaired) electrons. The van der Waals surface area contributed by atoms with Crippen LogP contribution in [0.25, 0.3) is 0 Å². The van der Waals surface area contributed by atoms with Crippen LogP contribution in [0.5, 0.6) is 0 Å². The number of ether oxygens (including phenoxy) is 1. The van der Waals surface area contributed by atoms with E-state index >= 15 is 0 Å². The second kappa shape index (κ2) is 6.64.